The number of fused-ring (bicyclic) bond motifs is 1. The van der Waals surface area contributed by atoms with Gasteiger partial charge in [0.25, 0.3) is 5.56 Å². The molecule has 33 heavy (non-hydrogen) atoms. The van der Waals surface area contributed by atoms with Gasteiger partial charge in [-0.3, -0.25) is 9.36 Å². The van der Waals surface area contributed by atoms with Crippen molar-refractivity contribution < 1.29 is 22.0 Å². The number of nitrogens with one attached hydrogen (secondary N) is 1. The molecule has 0 aromatic carbocycles. The Morgan fingerprint density at radius 1 is 1.24 bits per heavy atom. The van der Waals surface area contributed by atoms with E-state index in [1.807, 2.05) is 0 Å². The SMILES string of the molecule is CS(=O)(=O)N1CCC(Nc2ncc3cc(CC(F)F)c(=O)n([C@@H]4CC[C@@H](C=O)C4)c3n2)CC1. The van der Waals surface area contributed by atoms with Gasteiger partial charge in [0.1, 0.15) is 11.9 Å². The molecule has 2 aromatic rings. The average Bonchev–Trinajstić information content (AvgIpc) is 3.23. The van der Waals surface area contributed by atoms with E-state index in [1.54, 1.807) is 0 Å². The highest BCUT2D eigenvalue weighted by Crippen LogP contribution is 2.34. The maximum absolute atomic E-state index is 13.1. The van der Waals surface area contributed by atoms with Crippen LogP contribution in [0.25, 0.3) is 11.0 Å². The van der Waals surface area contributed by atoms with E-state index in [0.29, 0.717) is 62.2 Å². The second-order valence-corrected chi connectivity index (χ2v) is 10.8. The van der Waals surface area contributed by atoms with Gasteiger partial charge in [-0.2, -0.15) is 4.98 Å². The molecular weight excluding hydrogens is 456 g/mol. The molecule has 0 amide bonds. The lowest BCUT2D eigenvalue weighted by Gasteiger charge is -2.30. The number of carbonyl (C=O) groups is 1. The summed E-state index contributed by atoms with van der Waals surface area (Å²) < 4.78 is 52.5. The van der Waals surface area contributed by atoms with Gasteiger partial charge in [-0.25, -0.2) is 26.5 Å². The first-order chi connectivity index (χ1) is 15.7. The van der Waals surface area contributed by atoms with Crippen LogP contribution in [0.5, 0.6) is 0 Å². The van der Waals surface area contributed by atoms with E-state index in [-0.39, 0.29) is 23.6 Å². The Morgan fingerprint density at radius 2 is 1.97 bits per heavy atom. The molecule has 180 valence electrons. The number of aldehydes is 1. The smallest absolute Gasteiger partial charge is 0.255 e. The third kappa shape index (κ3) is 5.21. The molecule has 12 heteroatoms. The Hall–Kier alpha value is -2.47. The number of carbonyl (C=O) groups excluding carboxylic acids is 1. The van der Waals surface area contributed by atoms with E-state index >= 15 is 0 Å². The quantitative estimate of drug-likeness (QED) is 0.599. The zero-order chi connectivity index (χ0) is 23.8. The molecule has 1 aliphatic heterocycles. The summed E-state index contributed by atoms with van der Waals surface area (Å²) in [5.41, 5.74) is -0.157. The highest BCUT2D eigenvalue weighted by Gasteiger charge is 2.29. The predicted octanol–water partition coefficient (Wildman–Crippen LogP) is 1.98. The molecule has 0 spiro atoms. The molecule has 2 aliphatic rings. The zero-order valence-corrected chi connectivity index (χ0v) is 19.1. The molecule has 0 radical (unpaired) electrons. The number of piperidine rings is 1. The minimum absolute atomic E-state index is 0.00418. The molecule has 1 saturated heterocycles. The van der Waals surface area contributed by atoms with Crippen molar-refractivity contribution >= 4 is 33.3 Å². The molecule has 1 N–H and O–H groups in total. The van der Waals surface area contributed by atoms with Crippen LogP contribution < -0.4 is 10.9 Å². The van der Waals surface area contributed by atoms with Crippen LogP contribution in [0.1, 0.15) is 43.7 Å². The summed E-state index contributed by atoms with van der Waals surface area (Å²) in [5, 5.41) is 3.70. The normalized spacial score (nSPS) is 22.8. The molecule has 2 atom stereocenters. The van der Waals surface area contributed by atoms with E-state index in [1.165, 1.54) is 27.4 Å². The fourth-order valence-electron chi connectivity index (χ4n) is 4.76. The largest absolute Gasteiger partial charge is 0.351 e. The van der Waals surface area contributed by atoms with Crippen LogP contribution in [0.2, 0.25) is 0 Å². The van der Waals surface area contributed by atoms with Gasteiger partial charge >= 0.3 is 0 Å². The monoisotopic (exact) mass is 483 g/mol. The molecule has 3 heterocycles. The lowest BCUT2D eigenvalue weighted by molar-refractivity contribution is -0.110. The molecule has 1 aliphatic carbocycles. The standard InChI is InChI=1S/C21H27F2N5O4S/c1-33(31,32)27-6-4-16(5-7-27)25-21-24-11-15-9-14(10-18(22)23)20(30)28(19(15)26-21)17-3-2-13(8-17)12-29/h9,11-13,16-18H,2-8,10H2,1H3,(H,24,25,26)/t13-,17-/m1/s1. The third-order valence-corrected chi connectivity index (χ3v) is 7.78. The van der Waals surface area contributed by atoms with Gasteiger partial charge < -0.3 is 10.1 Å². The first-order valence-corrected chi connectivity index (χ1v) is 12.9. The van der Waals surface area contributed by atoms with Gasteiger partial charge in [-0.05, 0) is 38.2 Å². The van der Waals surface area contributed by atoms with Crippen LogP contribution >= 0.6 is 0 Å². The number of aromatic nitrogens is 3. The summed E-state index contributed by atoms with van der Waals surface area (Å²) in [7, 11) is -3.23. The van der Waals surface area contributed by atoms with Crippen LogP contribution in [0.4, 0.5) is 14.7 Å². The topological polar surface area (TPSA) is 114 Å². The van der Waals surface area contributed by atoms with Crippen LogP contribution in [0, 0.1) is 5.92 Å². The second-order valence-electron chi connectivity index (χ2n) is 8.86. The number of anilines is 1. The van der Waals surface area contributed by atoms with E-state index < -0.39 is 28.4 Å². The summed E-state index contributed by atoms with van der Waals surface area (Å²) >= 11 is 0. The Labute approximate surface area is 190 Å². The van der Waals surface area contributed by atoms with Gasteiger partial charge in [-0.1, -0.05) is 0 Å². The van der Waals surface area contributed by atoms with Crippen molar-refractivity contribution in [3.05, 3.63) is 28.2 Å². The summed E-state index contributed by atoms with van der Waals surface area (Å²) in [6.07, 6.45) is 3.11. The Kier molecular flexibility index (Phi) is 6.76. The first-order valence-electron chi connectivity index (χ1n) is 11.0. The summed E-state index contributed by atoms with van der Waals surface area (Å²) in [6.45, 7) is 0.780. The van der Waals surface area contributed by atoms with Gasteiger partial charge in [-0.15, -0.1) is 0 Å². The number of sulfonamides is 1. The number of nitrogens with zero attached hydrogens (tertiary/aromatic N) is 4. The molecule has 9 nitrogen and oxygen atoms in total. The van der Waals surface area contributed by atoms with E-state index in [2.05, 4.69) is 15.3 Å². The molecule has 0 bridgehead atoms. The molecule has 4 rings (SSSR count). The van der Waals surface area contributed by atoms with Gasteiger partial charge in [0, 0.05) is 54.7 Å². The van der Waals surface area contributed by atoms with Crippen molar-refractivity contribution in [3.8, 4) is 0 Å². The maximum atomic E-state index is 13.1. The van der Waals surface area contributed by atoms with E-state index in [9.17, 15) is 26.8 Å². The Morgan fingerprint density at radius 3 is 2.58 bits per heavy atom. The van der Waals surface area contributed by atoms with Crippen LogP contribution in [-0.2, 0) is 21.2 Å². The van der Waals surface area contributed by atoms with Gasteiger partial charge in [0.15, 0.2) is 0 Å². The second kappa shape index (κ2) is 9.41. The number of rotatable bonds is 7. The van der Waals surface area contributed by atoms with Gasteiger partial charge in [0.05, 0.1) is 6.26 Å². The summed E-state index contributed by atoms with van der Waals surface area (Å²) in [6, 6.07) is 1.08. The molecule has 0 unspecified atom stereocenters. The van der Waals surface area contributed by atoms with Crippen molar-refractivity contribution in [2.75, 3.05) is 24.7 Å². The average molecular weight is 484 g/mol. The lowest BCUT2D eigenvalue weighted by atomic mass is 10.1. The van der Waals surface area contributed by atoms with Crippen molar-refractivity contribution in [1.82, 2.24) is 18.8 Å². The molecule has 2 fully saturated rings. The Bertz CT molecular complexity index is 1200. The first kappa shape index (κ1) is 23.7. The fourth-order valence-corrected chi connectivity index (χ4v) is 5.64. The predicted molar refractivity (Wildman–Crippen MR) is 119 cm³/mol. The van der Waals surface area contributed by atoms with Crippen molar-refractivity contribution in [2.24, 2.45) is 5.92 Å². The van der Waals surface area contributed by atoms with E-state index in [0.717, 1.165) is 6.29 Å². The number of hydrogen-bond donors (Lipinski definition) is 1. The fraction of sp³-hybridized carbons (Fsp3) is 0.619. The highest BCUT2D eigenvalue weighted by molar-refractivity contribution is 7.88. The number of alkyl halides is 2. The summed E-state index contributed by atoms with van der Waals surface area (Å²) in [5.74, 6) is 0.121. The minimum atomic E-state index is -3.23. The minimum Gasteiger partial charge on any atom is -0.351 e. The van der Waals surface area contributed by atoms with Crippen LogP contribution in [0.3, 0.4) is 0 Å². The number of hydrogen-bond acceptors (Lipinski definition) is 7. The van der Waals surface area contributed by atoms with Crippen molar-refractivity contribution in [3.63, 3.8) is 0 Å². The van der Waals surface area contributed by atoms with E-state index in [4.69, 9.17) is 0 Å². The molecular formula is C21H27F2N5O4S. The maximum Gasteiger partial charge on any atom is 0.255 e. The number of pyridine rings is 1. The molecule has 2 aromatic heterocycles. The van der Waals surface area contributed by atoms with Crippen molar-refractivity contribution in [1.29, 1.82) is 0 Å². The number of halogens is 2. The molecule has 1 saturated carbocycles. The lowest BCUT2D eigenvalue weighted by Crippen LogP contribution is -2.42. The third-order valence-electron chi connectivity index (χ3n) is 6.48. The van der Waals surface area contributed by atoms with Gasteiger partial charge in [0.2, 0.25) is 22.4 Å². The highest BCUT2D eigenvalue weighted by atomic mass is 32.2. The van der Waals surface area contributed by atoms with Crippen LogP contribution in [0.15, 0.2) is 17.1 Å². The van der Waals surface area contributed by atoms with Crippen LogP contribution in [-0.4, -0.2) is 65.4 Å². The zero-order valence-electron chi connectivity index (χ0n) is 18.3. The Balaban J connectivity index is 1.65. The summed E-state index contributed by atoms with van der Waals surface area (Å²) in [4.78, 5) is 33.2. The van der Waals surface area contributed by atoms with Crippen molar-refractivity contribution in [2.45, 2.75) is 57.0 Å².